The fourth-order valence-electron chi connectivity index (χ4n) is 4.02. The molecule has 1 aromatic rings. The van der Waals surface area contributed by atoms with Gasteiger partial charge in [-0.2, -0.15) is 5.10 Å². The molecule has 27 heavy (non-hydrogen) atoms. The van der Waals surface area contributed by atoms with E-state index in [1.54, 1.807) is 4.90 Å². The molecule has 0 aromatic heterocycles. The van der Waals surface area contributed by atoms with Crippen LogP contribution in [0.4, 0.5) is 14.5 Å². The van der Waals surface area contributed by atoms with Crippen molar-refractivity contribution in [3.63, 3.8) is 0 Å². The summed E-state index contributed by atoms with van der Waals surface area (Å²) in [6, 6.07) is 2.55. The third kappa shape index (κ3) is 5.59. The quantitative estimate of drug-likeness (QED) is 0.456. The molecule has 2 aliphatic rings. The van der Waals surface area contributed by atoms with Crippen LogP contribution in [0.5, 0.6) is 0 Å². The molecule has 0 radical (unpaired) electrons. The van der Waals surface area contributed by atoms with Gasteiger partial charge in [0.25, 0.3) is 0 Å². The summed E-state index contributed by atoms with van der Waals surface area (Å²) in [5.41, 5.74) is 7.98. The molecule has 0 spiro atoms. The minimum Gasteiger partial charge on any atom is -0.375 e. The first kappa shape index (κ1) is 19.9. The first-order valence-electron chi connectivity index (χ1n) is 9.58. The van der Waals surface area contributed by atoms with Gasteiger partial charge in [-0.15, -0.1) is 0 Å². The van der Waals surface area contributed by atoms with E-state index in [1.165, 1.54) is 50.5 Å². The van der Waals surface area contributed by atoms with Crippen molar-refractivity contribution in [3.8, 4) is 0 Å². The molecule has 5 nitrogen and oxygen atoms in total. The average molecular weight is 396 g/mol. The van der Waals surface area contributed by atoms with E-state index < -0.39 is 11.6 Å². The van der Waals surface area contributed by atoms with Crippen LogP contribution in [0.2, 0.25) is 0 Å². The van der Waals surface area contributed by atoms with E-state index in [1.807, 2.05) is 0 Å². The first-order chi connectivity index (χ1) is 13.0. The standard InChI is InChI=1S/C19H27F2N5S/c20-16-10-15(12-23-24-19(22)27)11-17(21)18(16)26-8-6-25(7-9-26)13-14-4-2-1-3-5-14/h10-12,14H,1-9,13H2,(H3,22,24,27). The molecular formula is C19H27F2N5S. The number of nitrogens with one attached hydrogen (secondary N) is 1. The molecule has 2 fully saturated rings. The van der Waals surface area contributed by atoms with Gasteiger partial charge in [0.2, 0.25) is 0 Å². The van der Waals surface area contributed by atoms with Gasteiger partial charge < -0.3 is 10.6 Å². The Labute approximate surface area is 164 Å². The normalized spacial score (nSPS) is 19.6. The summed E-state index contributed by atoms with van der Waals surface area (Å²) < 4.78 is 29.0. The fraction of sp³-hybridized carbons (Fsp3) is 0.579. The summed E-state index contributed by atoms with van der Waals surface area (Å²) in [5.74, 6) is -0.368. The van der Waals surface area contributed by atoms with Crippen molar-refractivity contribution in [1.82, 2.24) is 10.3 Å². The maximum absolute atomic E-state index is 14.5. The molecule has 1 aliphatic heterocycles. The minimum absolute atomic E-state index is 0.00471. The number of hydrogen-bond acceptors (Lipinski definition) is 4. The lowest BCUT2D eigenvalue weighted by molar-refractivity contribution is 0.191. The summed E-state index contributed by atoms with van der Waals surface area (Å²) in [6.07, 6.45) is 7.95. The van der Waals surface area contributed by atoms with Crippen LogP contribution in [0.3, 0.4) is 0 Å². The average Bonchev–Trinajstić information content (AvgIpc) is 2.63. The molecule has 8 heteroatoms. The zero-order valence-electron chi connectivity index (χ0n) is 15.5. The number of hydrogen-bond donors (Lipinski definition) is 2. The maximum atomic E-state index is 14.5. The van der Waals surface area contributed by atoms with Crippen LogP contribution in [-0.2, 0) is 0 Å². The van der Waals surface area contributed by atoms with Crippen LogP contribution in [0.1, 0.15) is 37.7 Å². The molecule has 148 valence electrons. The van der Waals surface area contributed by atoms with Crippen LogP contribution in [0, 0.1) is 17.6 Å². The van der Waals surface area contributed by atoms with Gasteiger partial charge in [0, 0.05) is 38.3 Å². The lowest BCUT2D eigenvalue weighted by Crippen LogP contribution is -2.48. The number of anilines is 1. The Balaban J connectivity index is 1.58. The second-order valence-electron chi connectivity index (χ2n) is 7.36. The van der Waals surface area contributed by atoms with Crippen molar-refractivity contribution in [1.29, 1.82) is 0 Å². The van der Waals surface area contributed by atoms with E-state index in [0.717, 1.165) is 25.6 Å². The van der Waals surface area contributed by atoms with Crippen molar-refractivity contribution in [2.75, 3.05) is 37.6 Å². The summed E-state index contributed by atoms with van der Waals surface area (Å²) in [5, 5.41) is 3.73. The SMILES string of the molecule is NC(=S)NN=Cc1cc(F)c(N2CCN(CC3CCCCC3)CC2)c(F)c1. The van der Waals surface area contributed by atoms with E-state index in [9.17, 15) is 8.78 Å². The Hall–Kier alpha value is -1.80. The molecule has 1 saturated carbocycles. The molecule has 0 bridgehead atoms. The Kier molecular flexibility index (Phi) is 6.95. The zero-order valence-corrected chi connectivity index (χ0v) is 16.3. The molecule has 1 aliphatic carbocycles. The lowest BCUT2D eigenvalue weighted by atomic mass is 9.89. The summed E-state index contributed by atoms with van der Waals surface area (Å²) in [4.78, 5) is 4.24. The number of benzene rings is 1. The number of nitrogens with zero attached hydrogens (tertiary/aromatic N) is 3. The van der Waals surface area contributed by atoms with Crippen molar-refractivity contribution in [2.45, 2.75) is 32.1 Å². The van der Waals surface area contributed by atoms with E-state index in [2.05, 4.69) is 27.6 Å². The molecule has 1 saturated heterocycles. The van der Waals surface area contributed by atoms with Crippen molar-refractivity contribution in [2.24, 2.45) is 16.8 Å². The van der Waals surface area contributed by atoms with Crippen molar-refractivity contribution < 1.29 is 8.78 Å². The van der Waals surface area contributed by atoms with Gasteiger partial charge in [0.15, 0.2) is 5.11 Å². The van der Waals surface area contributed by atoms with E-state index in [4.69, 9.17) is 5.73 Å². The van der Waals surface area contributed by atoms with Gasteiger partial charge >= 0.3 is 0 Å². The predicted octanol–water partition coefficient (Wildman–Crippen LogP) is 2.83. The highest BCUT2D eigenvalue weighted by Crippen LogP contribution is 2.28. The lowest BCUT2D eigenvalue weighted by Gasteiger charge is -2.38. The topological polar surface area (TPSA) is 56.9 Å². The van der Waals surface area contributed by atoms with E-state index in [0.29, 0.717) is 18.7 Å². The number of piperazine rings is 1. The van der Waals surface area contributed by atoms with E-state index in [-0.39, 0.29) is 10.8 Å². The number of halogens is 2. The van der Waals surface area contributed by atoms with Gasteiger partial charge in [-0.3, -0.25) is 10.3 Å². The highest BCUT2D eigenvalue weighted by molar-refractivity contribution is 7.80. The van der Waals surface area contributed by atoms with E-state index >= 15 is 0 Å². The summed E-state index contributed by atoms with van der Waals surface area (Å²) in [7, 11) is 0. The number of nitrogens with two attached hydrogens (primary N) is 1. The maximum Gasteiger partial charge on any atom is 0.184 e. The van der Waals surface area contributed by atoms with Crippen LogP contribution >= 0.6 is 12.2 Å². The monoisotopic (exact) mass is 395 g/mol. The van der Waals surface area contributed by atoms with Gasteiger partial charge in [-0.05, 0) is 43.1 Å². The smallest absolute Gasteiger partial charge is 0.184 e. The molecule has 3 rings (SSSR count). The first-order valence-corrected chi connectivity index (χ1v) is 9.98. The van der Waals surface area contributed by atoms with Crippen molar-refractivity contribution in [3.05, 3.63) is 29.3 Å². The minimum atomic E-state index is -0.576. The molecular weight excluding hydrogens is 368 g/mol. The molecule has 0 unspecified atom stereocenters. The zero-order chi connectivity index (χ0) is 19.2. The van der Waals surface area contributed by atoms with Gasteiger partial charge in [0.05, 0.1) is 6.21 Å². The van der Waals surface area contributed by atoms with Crippen LogP contribution in [0.15, 0.2) is 17.2 Å². The Morgan fingerprint density at radius 2 is 1.78 bits per heavy atom. The third-order valence-electron chi connectivity index (χ3n) is 5.36. The molecule has 1 aromatic carbocycles. The summed E-state index contributed by atoms with van der Waals surface area (Å²) in [6.45, 7) is 4.07. The van der Waals surface area contributed by atoms with Crippen LogP contribution in [-0.4, -0.2) is 49.0 Å². The molecule has 1 heterocycles. The number of hydrazone groups is 1. The highest BCUT2D eigenvalue weighted by atomic mass is 32.1. The Bertz CT molecular complexity index is 660. The third-order valence-corrected chi connectivity index (χ3v) is 5.45. The Morgan fingerprint density at radius 3 is 2.37 bits per heavy atom. The number of rotatable bonds is 5. The molecule has 3 N–H and O–H groups in total. The molecule has 0 amide bonds. The Morgan fingerprint density at radius 1 is 1.15 bits per heavy atom. The van der Waals surface area contributed by atoms with Crippen LogP contribution < -0.4 is 16.1 Å². The second-order valence-corrected chi connectivity index (χ2v) is 7.80. The van der Waals surface area contributed by atoms with Gasteiger partial charge in [-0.1, -0.05) is 19.3 Å². The van der Waals surface area contributed by atoms with Gasteiger partial charge in [0.1, 0.15) is 17.3 Å². The largest absolute Gasteiger partial charge is 0.375 e. The fourth-order valence-corrected chi connectivity index (χ4v) is 4.07. The predicted molar refractivity (Wildman–Crippen MR) is 109 cm³/mol. The highest BCUT2D eigenvalue weighted by Gasteiger charge is 2.25. The number of thiocarbonyl (C=S) groups is 1. The second kappa shape index (κ2) is 9.41. The van der Waals surface area contributed by atoms with Crippen molar-refractivity contribution >= 4 is 29.2 Å². The van der Waals surface area contributed by atoms with Gasteiger partial charge in [-0.25, -0.2) is 8.78 Å². The molecule has 0 atom stereocenters. The van der Waals surface area contributed by atoms with Crippen LogP contribution in [0.25, 0.3) is 0 Å². The summed E-state index contributed by atoms with van der Waals surface area (Å²) >= 11 is 4.62.